The van der Waals surface area contributed by atoms with Gasteiger partial charge >= 0.3 is 0 Å². The van der Waals surface area contributed by atoms with Gasteiger partial charge in [-0.2, -0.15) is 0 Å². The first-order valence-corrected chi connectivity index (χ1v) is 5.56. The van der Waals surface area contributed by atoms with Gasteiger partial charge in [-0.15, -0.1) is 12.4 Å². The van der Waals surface area contributed by atoms with Gasteiger partial charge in [0.15, 0.2) is 11.5 Å². The van der Waals surface area contributed by atoms with E-state index >= 15 is 0 Å². The van der Waals surface area contributed by atoms with Crippen LogP contribution < -0.4 is 11.1 Å². The summed E-state index contributed by atoms with van der Waals surface area (Å²) in [6.45, 7) is 3.61. The zero-order chi connectivity index (χ0) is 12.4. The molecule has 0 unspecified atom stereocenters. The molecule has 0 bridgehead atoms. The van der Waals surface area contributed by atoms with Crippen LogP contribution in [-0.2, 0) is 11.2 Å². The number of aromatic nitrogens is 1. The number of amides is 1. The third kappa shape index (κ3) is 3.00. The molecule has 5 nitrogen and oxygen atoms in total. The monoisotopic (exact) mass is 269 g/mol. The fourth-order valence-corrected chi connectivity index (χ4v) is 1.46. The Balaban J connectivity index is 0.00000162. The summed E-state index contributed by atoms with van der Waals surface area (Å²) in [5.74, 6) is 0.472. The van der Waals surface area contributed by atoms with Crippen molar-refractivity contribution in [2.75, 3.05) is 5.32 Å². The molecule has 2 aromatic rings. The molecule has 1 atom stereocenters. The summed E-state index contributed by atoms with van der Waals surface area (Å²) in [6.07, 6.45) is 0.746. The largest absolute Gasteiger partial charge is 0.441 e. The molecule has 1 amide bonds. The van der Waals surface area contributed by atoms with Crippen LogP contribution in [0.3, 0.4) is 0 Å². The predicted molar refractivity (Wildman–Crippen MR) is 72.9 cm³/mol. The van der Waals surface area contributed by atoms with E-state index < -0.39 is 6.04 Å². The van der Waals surface area contributed by atoms with Gasteiger partial charge in [0.2, 0.25) is 5.91 Å². The number of benzene rings is 1. The Morgan fingerprint density at radius 2 is 2.28 bits per heavy atom. The number of nitrogens with one attached hydrogen (secondary N) is 1. The lowest BCUT2D eigenvalue weighted by Gasteiger charge is -2.06. The summed E-state index contributed by atoms with van der Waals surface area (Å²) in [5.41, 5.74) is 7.62. The van der Waals surface area contributed by atoms with E-state index in [1.165, 1.54) is 0 Å². The summed E-state index contributed by atoms with van der Waals surface area (Å²) in [6, 6.07) is 4.80. The molecular formula is C12H16ClN3O2. The van der Waals surface area contributed by atoms with Crippen molar-refractivity contribution in [2.45, 2.75) is 26.3 Å². The van der Waals surface area contributed by atoms with Crippen molar-refractivity contribution in [3.8, 4) is 0 Å². The molecule has 98 valence electrons. The molecule has 18 heavy (non-hydrogen) atoms. The first-order chi connectivity index (χ1) is 8.10. The molecule has 1 aromatic carbocycles. The van der Waals surface area contributed by atoms with Crippen molar-refractivity contribution >= 4 is 35.1 Å². The van der Waals surface area contributed by atoms with Gasteiger partial charge in [-0.1, -0.05) is 6.92 Å². The lowest BCUT2D eigenvalue weighted by molar-refractivity contribution is -0.117. The Morgan fingerprint density at radius 3 is 2.89 bits per heavy atom. The van der Waals surface area contributed by atoms with Crippen molar-refractivity contribution in [1.82, 2.24) is 4.98 Å². The Morgan fingerprint density at radius 1 is 1.56 bits per heavy atom. The van der Waals surface area contributed by atoms with Crippen molar-refractivity contribution in [3.05, 3.63) is 24.1 Å². The molecular weight excluding hydrogens is 254 g/mol. The lowest BCUT2D eigenvalue weighted by Crippen LogP contribution is -2.32. The standard InChI is InChI=1S/C12H15N3O2.ClH/c1-3-11-15-9-6-8(4-5-10(9)17-11)14-12(16)7(2)13;/h4-7H,3,13H2,1-2H3,(H,14,16);1H/t7-;/m1./s1. The van der Waals surface area contributed by atoms with Crippen LogP contribution >= 0.6 is 12.4 Å². The summed E-state index contributed by atoms with van der Waals surface area (Å²) in [5, 5.41) is 2.72. The van der Waals surface area contributed by atoms with E-state index in [0.29, 0.717) is 11.6 Å². The van der Waals surface area contributed by atoms with E-state index in [1.807, 2.05) is 6.92 Å². The van der Waals surface area contributed by atoms with Crippen LogP contribution in [0.1, 0.15) is 19.7 Å². The van der Waals surface area contributed by atoms with Gasteiger partial charge in [-0.3, -0.25) is 4.79 Å². The average molecular weight is 270 g/mol. The number of nitrogens with two attached hydrogens (primary N) is 1. The van der Waals surface area contributed by atoms with Gasteiger partial charge in [0.05, 0.1) is 6.04 Å². The van der Waals surface area contributed by atoms with Crippen LogP contribution in [0, 0.1) is 0 Å². The van der Waals surface area contributed by atoms with Gasteiger partial charge in [-0.25, -0.2) is 4.98 Å². The fraction of sp³-hybridized carbons (Fsp3) is 0.333. The number of carbonyl (C=O) groups excluding carboxylic acids is 1. The van der Waals surface area contributed by atoms with E-state index in [-0.39, 0.29) is 18.3 Å². The average Bonchev–Trinajstić information content (AvgIpc) is 2.70. The number of hydrogen-bond acceptors (Lipinski definition) is 4. The second-order valence-corrected chi connectivity index (χ2v) is 3.92. The normalized spacial score (nSPS) is 11.9. The molecule has 1 aromatic heterocycles. The number of nitrogens with zero attached hydrogens (tertiary/aromatic N) is 1. The Hall–Kier alpha value is -1.59. The van der Waals surface area contributed by atoms with Crippen LogP contribution in [0.5, 0.6) is 0 Å². The molecule has 2 rings (SSSR count). The Labute approximate surface area is 111 Å². The maximum Gasteiger partial charge on any atom is 0.240 e. The van der Waals surface area contributed by atoms with Crippen molar-refractivity contribution < 1.29 is 9.21 Å². The Kier molecular flexibility index (Phi) is 4.69. The topological polar surface area (TPSA) is 81.2 Å². The molecule has 0 saturated carbocycles. The second kappa shape index (κ2) is 5.84. The summed E-state index contributed by atoms with van der Waals surface area (Å²) < 4.78 is 5.48. The lowest BCUT2D eigenvalue weighted by atomic mass is 10.2. The molecule has 0 aliphatic carbocycles. The highest BCUT2D eigenvalue weighted by molar-refractivity contribution is 5.95. The third-order valence-electron chi connectivity index (χ3n) is 2.42. The number of oxazole rings is 1. The number of hydrogen-bond donors (Lipinski definition) is 2. The molecule has 0 radical (unpaired) electrons. The smallest absolute Gasteiger partial charge is 0.240 e. The molecule has 0 spiro atoms. The first kappa shape index (κ1) is 14.5. The van der Waals surface area contributed by atoms with Crippen LogP contribution in [0.2, 0.25) is 0 Å². The number of aryl methyl sites for hydroxylation is 1. The van der Waals surface area contributed by atoms with E-state index in [9.17, 15) is 4.79 Å². The molecule has 0 saturated heterocycles. The minimum absolute atomic E-state index is 0. The molecule has 0 fully saturated rings. The van der Waals surface area contributed by atoms with Gasteiger partial charge in [0.1, 0.15) is 5.52 Å². The van der Waals surface area contributed by atoms with E-state index in [0.717, 1.165) is 17.5 Å². The summed E-state index contributed by atoms with van der Waals surface area (Å²) >= 11 is 0. The van der Waals surface area contributed by atoms with E-state index in [4.69, 9.17) is 10.2 Å². The Bertz CT molecular complexity index is 551. The van der Waals surface area contributed by atoms with Crippen molar-refractivity contribution in [3.63, 3.8) is 0 Å². The fourth-order valence-electron chi connectivity index (χ4n) is 1.46. The number of carbonyl (C=O) groups is 1. The van der Waals surface area contributed by atoms with Crippen LogP contribution in [-0.4, -0.2) is 16.9 Å². The molecule has 0 aliphatic rings. The maximum atomic E-state index is 11.4. The van der Waals surface area contributed by atoms with Gasteiger partial charge in [0, 0.05) is 12.1 Å². The zero-order valence-corrected chi connectivity index (χ0v) is 11.1. The predicted octanol–water partition coefficient (Wildman–Crippen LogP) is 2.10. The number of anilines is 1. The second-order valence-electron chi connectivity index (χ2n) is 3.92. The number of rotatable bonds is 3. The minimum Gasteiger partial charge on any atom is -0.441 e. The summed E-state index contributed by atoms with van der Waals surface area (Å²) in [4.78, 5) is 15.7. The molecule has 6 heteroatoms. The van der Waals surface area contributed by atoms with Gasteiger partial charge in [0.25, 0.3) is 0 Å². The zero-order valence-electron chi connectivity index (χ0n) is 10.3. The third-order valence-corrected chi connectivity index (χ3v) is 2.42. The van der Waals surface area contributed by atoms with Crippen LogP contribution in [0.25, 0.3) is 11.1 Å². The van der Waals surface area contributed by atoms with E-state index in [2.05, 4.69) is 10.3 Å². The highest BCUT2D eigenvalue weighted by atomic mass is 35.5. The van der Waals surface area contributed by atoms with Gasteiger partial charge in [-0.05, 0) is 25.1 Å². The minimum atomic E-state index is -0.533. The first-order valence-electron chi connectivity index (χ1n) is 5.56. The molecule has 0 aliphatic heterocycles. The van der Waals surface area contributed by atoms with Gasteiger partial charge < -0.3 is 15.5 Å². The van der Waals surface area contributed by atoms with Crippen LogP contribution in [0.4, 0.5) is 5.69 Å². The quantitative estimate of drug-likeness (QED) is 0.894. The van der Waals surface area contributed by atoms with E-state index in [1.54, 1.807) is 25.1 Å². The number of fused-ring (bicyclic) bond motifs is 1. The van der Waals surface area contributed by atoms with Crippen molar-refractivity contribution in [2.24, 2.45) is 5.73 Å². The highest BCUT2D eigenvalue weighted by Crippen LogP contribution is 2.20. The maximum absolute atomic E-state index is 11.4. The summed E-state index contributed by atoms with van der Waals surface area (Å²) in [7, 11) is 0. The number of halogens is 1. The molecule has 1 heterocycles. The SMILES string of the molecule is CCc1nc2cc(NC(=O)[C@@H](C)N)ccc2o1.Cl. The van der Waals surface area contributed by atoms with Crippen molar-refractivity contribution in [1.29, 1.82) is 0 Å². The highest BCUT2D eigenvalue weighted by Gasteiger charge is 2.09. The molecule has 3 N–H and O–H groups in total. The van der Waals surface area contributed by atoms with Crippen LogP contribution in [0.15, 0.2) is 22.6 Å².